The number of nitrogen functional groups attached to an aromatic ring is 1. The summed E-state index contributed by atoms with van der Waals surface area (Å²) < 4.78 is 6.87. The Labute approximate surface area is 120 Å². The van der Waals surface area contributed by atoms with Crippen LogP contribution in [0.5, 0.6) is 0 Å². The molecule has 0 aliphatic rings. The van der Waals surface area contributed by atoms with E-state index in [1.54, 1.807) is 43.9 Å². The molecule has 0 fully saturated rings. The SMILES string of the molecule is Cn1cc(-c2cnc(N)nc2-c2ccco2)ccc1=O.O. The van der Waals surface area contributed by atoms with E-state index in [-0.39, 0.29) is 17.0 Å². The lowest BCUT2D eigenvalue weighted by atomic mass is 10.1. The molecule has 3 heterocycles. The lowest BCUT2D eigenvalue weighted by molar-refractivity contribution is 0.580. The van der Waals surface area contributed by atoms with Gasteiger partial charge in [-0.15, -0.1) is 0 Å². The molecule has 0 unspecified atom stereocenters. The first-order valence-electron chi connectivity index (χ1n) is 5.98. The number of pyridine rings is 1. The number of rotatable bonds is 2. The van der Waals surface area contributed by atoms with E-state index in [2.05, 4.69) is 9.97 Å². The minimum Gasteiger partial charge on any atom is -0.463 e. The van der Waals surface area contributed by atoms with Crippen LogP contribution in [0.25, 0.3) is 22.6 Å². The first kappa shape index (κ1) is 14.5. The summed E-state index contributed by atoms with van der Waals surface area (Å²) in [5, 5.41) is 0. The van der Waals surface area contributed by atoms with Gasteiger partial charge in [0.25, 0.3) is 0 Å². The van der Waals surface area contributed by atoms with Gasteiger partial charge in [-0.05, 0) is 18.2 Å². The molecule has 0 saturated heterocycles. The fraction of sp³-hybridized carbons (Fsp3) is 0.0714. The standard InChI is InChI=1S/C14H12N4O2.H2O/c1-18-8-9(4-5-12(18)19)10-7-16-14(15)17-13(10)11-3-2-6-20-11;/h2-8H,1H3,(H2,15,16,17);1H2. The summed E-state index contributed by atoms with van der Waals surface area (Å²) in [6.07, 6.45) is 4.92. The molecule has 0 spiro atoms. The van der Waals surface area contributed by atoms with Crippen LogP contribution in [-0.4, -0.2) is 20.0 Å². The van der Waals surface area contributed by atoms with Crippen molar-refractivity contribution in [1.82, 2.24) is 14.5 Å². The van der Waals surface area contributed by atoms with E-state index in [1.807, 2.05) is 0 Å². The van der Waals surface area contributed by atoms with Gasteiger partial charge in [-0.2, -0.15) is 0 Å². The van der Waals surface area contributed by atoms with Crippen LogP contribution in [0.2, 0.25) is 0 Å². The van der Waals surface area contributed by atoms with Gasteiger partial charge in [0.2, 0.25) is 11.5 Å². The molecule has 0 atom stereocenters. The molecular formula is C14H14N4O3. The normalized spacial score (nSPS) is 10.1. The van der Waals surface area contributed by atoms with Crippen molar-refractivity contribution in [2.75, 3.05) is 5.73 Å². The monoisotopic (exact) mass is 286 g/mol. The third-order valence-electron chi connectivity index (χ3n) is 2.96. The zero-order valence-corrected chi connectivity index (χ0v) is 11.3. The third-order valence-corrected chi connectivity index (χ3v) is 2.96. The van der Waals surface area contributed by atoms with Crippen molar-refractivity contribution < 1.29 is 9.89 Å². The van der Waals surface area contributed by atoms with E-state index < -0.39 is 0 Å². The van der Waals surface area contributed by atoms with Gasteiger partial charge in [0.1, 0.15) is 5.69 Å². The van der Waals surface area contributed by atoms with Crippen molar-refractivity contribution in [3.8, 4) is 22.6 Å². The summed E-state index contributed by atoms with van der Waals surface area (Å²) in [7, 11) is 1.69. The van der Waals surface area contributed by atoms with Crippen LogP contribution in [0.4, 0.5) is 5.95 Å². The van der Waals surface area contributed by atoms with E-state index in [1.165, 1.54) is 10.6 Å². The highest BCUT2D eigenvalue weighted by Gasteiger charge is 2.13. The quantitative estimate of drug-likeness (QED) is 0.749. The molecule has 3 aromatic heterocycles. The Kier molecular flexibility index (Phi) is 3.86. The predicted molar refractivity (Wildman–Crippen MR) is 78.4 cm³/mol. The van der Waals surface area contributed by atoms with Crippen LogP contribution < -0.4 is 11.3 Å². The summed E-state index contributed by atoms with van der Waals surface area (Å²) in [5.41, 5.74) is 7.74. The summed E-state index contributed by atoms with van der Waals surface area (Å²) in [4.78, 5) is 19.7. The van der Waals surface area contributed by atoms with Crippen molar-refractivity contribution in [2.45, 2.75) is 0 Å². The van der Waals surface area contributed by atoms with Gasteiger partial charge in [0.15, 0.2) is 5.76 Å². The Morgan fingerprint density at radius 1 is 1.29 bits per heavy atom. The fourth-order valence-electron chi connectivity index (χ4n) is 1.96. The molecule has 7 heteroatoms. The zero-order valence-electron chi connectivity index (χ0n) is 11.3. The minimum absolute atomic E-state index is 0. The van der Waals surface area contributed by atoms with Crippen LogP contribution in [0, 0.1) is 0 Å². The van der Waals surface area contributed by atoms with E-state index >= 15 is 0 Å². The molecule has 0 saturated carbocycles. The first-order valence-corrected chi connectivity index (χ1v) is 5.98. The number of aryl methyl sites for hydroxylation is 1. The Morgan fingerprint density at radius 2 is 2.10 bits per heavy atom. The van der Waals surface area contributed by atoms with E-state index in [9.17, 15) is 4.79 Å². The number of furan rings is 1. The third kappa shape index (κ3) is 2.67. The van der Waals surface area contributed by atoms with Crippen LogP contribution in [0.1, 0.15) is 0 Å². The summed E-state index contributed by atoms with van der Waals surface area (Å²) >= 11 is 0. The second-order valence-electron chi connectivity index (χ2n) is 4.33. The number of anilines is 1. The molecule has 0 bridgehead atoms. The highest BCUT2D eigenvalue weighted by atomic mass is 16.3. The summed E-state index contributed by atoms with van der Waals surface area (Å²) in [6, 6.07) is 6.80. The number of nitrogens with zero attached hydrogens (tertiary/aromatic N) is 3. The number of hydrogen-bond donors (Lipinski definition) is 1. The molecular weight excluding hydrogens is 272 g/mol. The topological polar surface area (TPSA) is 118 Å². The molecule has 21 heavy (non-hydrogen) atoms. The van der Waals surface area contributed by atoms with Crippen molar-refractivity contribution in [2.24, 2.45) is 7.05 Å². The van der Waals surface area contributed by atoms with Gasteiger partial charge in [-0.3, -0.25) is 4.79 Å². The summed E-state index contributed by atoms with van der Waals surface area (Å²) in [5.74, 6) is 0.771. The molecule has 7 nitrogen and oxygen atoms in total. The number of aromatic nitrogens is 3. The van der Waals surface area contributed by atoms with Gasteiger partial charge in [-0.25, -0.2) is 9.97 Å². The molecule has 0 radical (unpaired) electrons. The Hall–Kier alpha value is -2.93. The van der Waals surface area contributed by atoms with Gasteiger partial charge >= 0.3 is 0 Å². The number of nitrogens with two attached hydrogens (primary N) is 1. The average molecular weight is 286 g/mol. The highest BCUT2D eigenvalue weighted by molar-refractivity contribution is 5.78. The molecule has 3 aromatic rings. The molecule has 0 aliphatic carbocycles. The largest absolute Gasteiger partial charge is 0.463 e. The molecule has 0 aliphatic heterocycles. The fourth-order valence-corrected chi connectivity index (χ4v) is 1.96. The van der Waals surface area contributed by atoms with Crippen LogP contribution >= 0.6 is 0 Å². The Balaban J connectivity index is 0.00000161. The van der Waals surface area contributed by atoms with Gasteiger partial charge in [-0.1, -0.05) is 0 Å². The van der Waals surface area contributed by atoms with Gasteiger partial charge < -0.3 is 20.2 Å². The van der Waals surface area contributed by atoms with Crippen molar-refractivity contribution in [3.63, 3.8) is 0 Å². The molecule has 108 valence electrons. The minimum atomic E-state index is -0.0790. The molecule has 0 aromatic carbocycles. The first-order chi connectivity index (χ1) is 9.65. The lowest BCUT2D eigenvalue weighted by Crippen LogP contribution is -2.14. The van der Waals surface area contributed by atoms with Crippen molar-refractivity contribution >= 4 is 5.95 Å². The van der Waals surface area contributed by atoms with E-state index in [0.717, 1.165) is 11.1 Å². The lowest BCUT2D eigenvalue weighted by Gasteiger charge is -2.08. The van der Waals surface area contributed by atoms with Gasteiger partial charge in [0.05, 0.1) is 6.26 Å². The Bertz CT molecular complexity index is 809. The predicted octanol–water partition coefficient (Wildman–Crippen LogP) is 0.860. The highest BCUT2D eigenvalue weighted by Crippen LogP contribution is 2.29. The average Bonchev–Trinajstić information content (AvgIpc) is 2.96. The zero-order chi connectivity index (χ0) is 14.1. The van der Waals surface area contributed by atoms with Crippen molar-refractivity contribution in [1.29, 1.82) is 0 Å². The number of hydrogen-bond acceptors (Lipinski definition) is 5. The van der Waals surface area contributed by atoms with Gasteiger partial charge in [0, 0.05) is 36.6 Å². The maximum atomic E-state index is 11.5. The molecule has 0 amide bonds. The molecule has 3 rings (SSSR count). The van der Waals surface area contributed by atoms with Crippen LogP contribution in [-0.2, 0) is 7.05 Å². The maximum absolute atomic E-state index is 11.5. The van der Waals surface area contributed by atoms with Crippen LogP contribution in [0.3, 0.4) is 0 Å². The second-order valence-corrected chi connectivity index (χ2v) is 4.33. The summed E-state index contributed by atoms with van der Waals surface area (Å²) in [6.45, 7) is 0. The maximum Gasteiger partial charge on any atom is 0.250 e. The van der Waals surface area contributed by atoms with E-state index in [4.69, 9.17) is 10.2 Å². The smallest absolute Gasteiger partial charge is 0.250 e. The van der Waals surface area contributed by atoms with E-state index in [0.29, 0.717) is 11.5 Å². The Morgan fingerprint density at radius 3 is 2.76 bits per heavy atom. The van der Waals surface area contributed by atoms with Crippen molar-refractivity contribution in [3.05, 3.63) is 53.3 Å². The molecule has 4 N–H and O–H groups in total. The van der Waals surface area contributed by atoms with Crippen LogP contribution in [0.15, 0.2) is 52.1 Å². The second kappa shape index (κ2) is 5.59.